The number of benzene rings is 4. The van der Waals surface area contributed by atoms with Gasteiger partial charge in [-0.15, -0.1) is 0 Å². The van der Waals surface area contributed by atoms with Gasteiger partial charge in [0.25, 0.3) is 4.70 Å². The van der Waals surface area contributed by atoms with Gasteiger partial charge in [-0.2, -0.15) is 0 Å². The van der Waals surface area contributed by atoms with Crippen molar-refractivity contribution in [3.05, 3.63) is 144 Å². The third kappa shape index (κ3) is 8.56. The molecule has 0 spiro atoms. The van der Waals surface area contributed by atoms with Crippen LogP contribution in [0.2, 0.25) is 0 Å². The van der Waals surface area contributed by atoms with E-state index in [1.807, 2.05) is 24.3 Å². The van der Waals surface area contributed by atoms with Crippen molar-refractivity contribution in [1.29, 1.82) is 0 Å². The van der Waals surface area contributed by atoms with Crippen molar-refractivity contribution in [2.75, 3.05) is 6.61 Å². The van der Waals surface area contributed by atoms with E-state index in [1.54, 1.807) is 97.1 Å². The highest BCUT2D eigenvalue weighted by Crippen LogP contribution is 2.39. The van der Waals surface area contributed by atoms with Gasteiger partial charge in [-0.05, 0) is 38.2 Å². The van der Waals surface area contributed by atoms with Crippen LogP contribution < -0.4 is 0 Å². The summed E-state index contributed by atoms with van der Waals surface area (Å²) in [5.74, 6) is 0. The second-order valence-corrected chi connectivity index (χ2v) is 10.6. The zero-order valence-corrected chi connectivity index (χ0v) is 23.8. The summed E-state index contributed by atoms with van der Waals surface area (Å²) < 4.78 is 63.5. The van der Waals surface area contributed by atoms with Crippen LogP contribution in [0.1, 0.15) is 27.7 Å². The molecule has 1 N–H and O–H groups in total. The number of hydrogen-bond acceptors (Lipinski definition) is 6. The highest BCUT2D eigenvalue weighted by molar-refractivity contribution is 9.10. The van der Waals surface area contributed by atoms with Crippen molar-refractivity contribution >= 4 is 15.9 Å². The Balaban J connectivity index is 1.50. The molecule has 1 aliphatic rings. The van der Waals surface area contributed by atoms with E-state index in [0.717, 1.165) is 0 Å². The Morgan fingerprint density at radius 1 is 0.610 bits per heavy atom. The first-order chi connectivity index (χ1) is 21.7. The van der Waals surface area contributed by atoms with Crippen LogP contribution in [-0.4, -0.2) is 40.8 Å². The summed E-state index contributed by atoms with van der Waals surface area (Å²) in [5.41, 5.74) is 2.24. The Labute approximate surface area is 255 Å². The molecule has 41 heavy (non-hydrogen) atoms. The maximum Gasteiger partial charge on any atom is 0.254 e. The highest BCUT2D eigenvalue weighted by atomic mass is 79.9. The lowest BCUT2D eigenvalue weighted by Gasteiger charge is -2.48. The Kier molecular flexibility index (Phi) is 8.94. The van der Waals surface area contributed by atoms with Crippen molar-refractivity contribution in [2.24, 2.45) is 0 Å². The van der Waals surface area contributed by atoms with Crippen LogP contribution in [0.15, 0.2) is 121 Å². The third-order valence-electron chi connectivity index (χ3n) is 6.41. The van der Waals surface area contributed by atoms with Crippen molar-refractivity contribution in [1.82, 2.24) is 0 Å². The zero-order chi connectivity index (χ0) is 31.8. The van der Waals surface area contributed by atoms with Gasteiger partial charge in [-0.1, -0.05) is 121 Å². The first kappa shape index (κ1) is 24.7. The van der Waals surface area contributed by atoms with Gasteiger partial charge in [0.2, 0.25) is 0 Å². The molecule has 0 radical (unpaired) electrons. The standard InChI is InChI=1S/C34H35BrO6/c35-34(36)33(40-24-29-19-11-4-12-20-29)32(39-23-28-17-9-3-10-18-28)31(38-22-27-15-7-2-8-16-27)30(41-34)25-37-21-26-13-5-1-6-14-26/h1-20,30-33,36H,21-25H2/t30-,31-,32+,33+,34?/m1/s1/i21D,22D,23D,24D/t21?,22?,23?,24?,30-,31-,32+,33+,34?. The summed E-state index contributed by atoms with van der Waals surface area (Å²) in [6.45, 7) is -5.02. The molecule has 4 aromatic carbocycles. The molecular weight excluding hydrogens is 584 g/mol. The first-order valence-corrected chi connectivity index (χ1v) is 14.1. The molecule has 0 bridgehead atoms. The fourth-order valence-electron chi connectivity index (χ4n) is 4.37. The number of alkyl halides is 1. The first-order valence-electron chi connectivity index (χ1n) is 15.6. The van der Waals surface area contributed by atoms with E-state index >= 15 is 0 Å². The average Bonchev–Trinajstić information content (AvgIpc) is 3.07. The smallest absolute Gasteiger partial charge is 0.254 e. The molecule has 1 saturated heterocycles. The molecule has 7 heteroatoms. The lowest BCUT2D eigenvalue weighted by Crippen LogP contribution is -2.65. The Morgan fingerprint density at radius 3 is 1.46 bits per heavy atom. The molecular formula is C34H35BrO6. The fraction of sp³-hybridized carbons (Fsp3) is 0.294. The minimum Gasteiger partial charge on any atom is -0.374 e. The van der Waals surface area contributed by atoms with Crippen molar-refractivity contribution in [3.63, 3.8) is 0 Å². The van der Waals surface area contributed by atoms with Crippen LogP contribution in [0.4, 0.5) is 0 Å². The highest BCUT2D eigenvalue weighted by Gasteiger charge is 2.55. The van der Waals surface area contributed by atoms with Gasteiger partial charge >= 0.3 is 0 Å². The van der Waals surface area contributed by atoms with Gasteiger partial charge < -0.3 is 28.8 Å². The summed E-state index contributed by atoms with van der Waals surface area (Å²) in [5, 5.41) is 11.6. The minimum absolute atomic E-state index is 0.229. The molecule has 1 fully saturated rings. The van der Waals surface area contributed by atoms with Gasteiger partial charge in [0.1, 0.15) is 18.3 Å². The fourth-order valence-corrected chi connectivity index (χ4v) is 4.98. The van der Waals surface area contributed by atoms with Crippen LogP contribution in [0.3, 0.4) is 0 Å². The van der Waals surface area contributed by atoms with Crippen LogP contribution in [0.25, 0.3) is 0 Å². The predicted molar refractivity (Wildman–Crippen MR) is 160 cm³/mol. The minimum atomic E-state index is -2.22. The van der Waals surface area contributed by atoms with E-state index in [-0.39, 0.29) is 6.61 Å². The monoisotopic (exact) mass is 622 g/mol. The molecule has 6 nitrogen and oxygen atoms in total. The third-order valence-corrected chi connectivity index (χ3v) is 7.05. The van der Waals surface area contributed by atoms with Gasteiger partial charge in [0.05, 0.1) is 38.4 Å². The molecule has 1 heterocycles. The van der Waals surface area contributed by atoms with Crippen LogP contribution in [0, 0.1) is 0 Å². The Morgan fingerprint density at radius 2 is 1.00 bits per heavy atom. The summed E-state index contributed by atoms with van der Waals surface area (Å²) in [6.07, 6.45) is -4.87. The molecule has 0 aliphatic carbocycles. The van der Waals surface area contributed by atoms with Crippen molar-refractivity contribution < 1.29 is 34.3 Å². The predicted octanol–water partition coefficient (Wildman–Crippen LogP) is 6.40. The lowest BCUT2D eigenvalue weighted by molar-refractivity contribution is -0.330. The van der Waals surface area contributed by atoms with E-state index in [4.69, 9.17) is 29.2 Å². The molecule has 1 aliphatic heterocycles. The van der Waals surface area contributed by atoms with Crippen LogP contribution in [-0.2, 0) is 50.0 Å². The number of rotatable bonds is 13. The second-order valence-electron chi connectivity index (χ2n) is 9.47. The largest absolute Gasteiger partial charge is 0.374 e. The molecule has 4 aromatic rings. The Bertz CT molecular complexity index is 1440. The van der Waals surface area contributed by atoms with E-state index in [2.05, 4.69) is 15.9 Å². The number of aliphatic hydroxyl groups is 1. The zero-order valence-electron chi connectivity index (χ0n) is 26.2. The SMILES string of the molecule is [2H]C(OC[C@H]1OC(O)(Br)[C@@H](OC([2H])c2ccccc2)[C@@H](OC([2H])c2ccccc2)[C@@H]1OC([2H])c1ccccc1)c1ccccc1. The van der Waals surface area contributed by atoms with Crippen molar-refractivity contribution in [2.45, 2.75) is 55.4 Å². The molecule has 5 rings (SSSR count). The summed E-state index contributed by atoms with van der Waals surface area (Å²) in [7, 11) is 0. The average molecular weight is 624 g/mol. The van der Waals surface area contributed by atoms with Crippen LogP contribution >= 0.6 is 15.9 Å². The molecule has 9 atom stereocenters. The molecule has 0 saturated carbocycles. The number of hydrogen-bond donors (Lipinski definition) is 1. The quantitative estimate of drug-likeness (QED) is 0.174. The van der Waals surface area contributed by atoms with E-state index in [9.17, 15) is 5.11 Å². The normalized spacial score (nSPS) is 28.7. The maximum atomic E-state index is 11.6. The Hall–Kier alpha value is -2.88. The summed E-state index contributed by atoms with van der Waals surface area (Å²) in [4.78, 5) is 0. The topological polar surface area (TPSA) is 66.4 Å². The molecule has 0 amide bonds. The second kappa shape index (κ2) is 14.8. The van der Waals surface area contributed by atoms with Gasteiger partial charge in [0.15, 0.2) is 6.10 Å². The number of halogens is 1. The lowest BCUT2D eigenvalue weighted by atomic mass is 9.97. The van der Waals surface area contributed by atoms with Crippen LogP contribution in [0.5, 0.6) is 0 Å². The molecule has 0 aromatic heterocycles. The molecule has 5 unspecified atom stereocenters. The van der Waals surface area contributed by atoms with E-state index < -0.39 is 55.4 Å². The van der Waals surface area contributed by atoms with E-state index in [0.29, 0.717) is 22.3 Å². The summed E-state index contributed by atoms with van der Waals surface area (Å²) >= 11 is 3.26. The molecule has 214 valence electrons. The van der Waals surface area contributed by atoms with Gasteiger partial charge in [-0.25, -0.2) is 0 Å². The van der Waals surface area contributed by atoms with Gasteiger partial charge in [-0.3, -0.25) is 0 Å². The number of ether oxygens (including phenoxy) is 5. The van der Waals surface area contributed by atoms with Gasteiger partial charge in [0, 0.05) is 0 Å². The maximum absolute atomic E-state index is 11.6. The van der Waals surface area contributed by atoms with Crippen molar-refractivity contribution in [3.8, 4) is 0 Å². The summed E-state index contributed by atoms with van der Waals surface area (Å²) in [6, 6.07) is 35.6. The van der Waals surface area contributed by atoms with E-state index in [1.165, 1.54) is 0 Å².